The van der Waals surface area contributed by atoms with E-state index < -0.39 is 18.6 Å². The van der Waals surface area contributed by atoms with E-state index in [1.165, 1.54) is 30.3 Å². The van der Waals surface area contributed by atoms with Crippen molar-refractivity contribution in [2.24, 2.45) is 0 Å². The molecule has 0 radical (unpaired) electrons. The van der Waals surface area contributed by atoms with Crippen molar-refractivity contribution in [3.63, 3.8) is 0 Å². The Balaban J connectivity index is 1.75. The summed E-state index contributed by atoms with van der Waals surface area (Å²) in [6.07, 6.45) is -2.78. The van der Waals surface area contributed by atoms with Gasteiger partial charge < -0.3 is 9.72 Å². The first-order valence-corrected chi connectivity index (χ1v) is 10.5. The smallest absolute Gasteiger partial charge is 0.387 e. The van der Waals surface area contributed by atoms with Crippen molar-refractivity contribution in [3.05, 3.63) is 76.7 Å². The first-order chi connectivity index (χ1) is 15.9. The lowest BCUT2D eigenvalue weighted by Gasteiger charge is -2.08. The van der Waals surface area contributed by atoms with Gasteiger partial charge >= 0.3 is 6.61 Å². The third kappa shape index (κ3) is 3.93. The second-order valence-electron chi connectivity index (χ2n) is 7.04. The fourth-order valence-corrected chi connectivity index (χ4v) is 4.60. The van der Waals surface area contributed by atoms with Gasteiger partial charge in [0.15, 0.2) is 0 Å². The molecule has 3 heterocycles. The van der Waals surface area contributed by atoms with E-state index in [1.807, 2.05) is 6.07 Å². The molecule has 5 rings (SSSR count). The number of pyridine rings is 1. The van der Waals surface area contributed by atoms with Crippen LogP contribution in [0, 0.1) is 0 Å². The normalized spacial score (nSPS) is 11.7. The fraction of sp³-hybridized carbons (Fsp3) is 0.0870. The van der Waals surface area contributed by atoms with Crippen LogP contribution in [0.1, 0.15) is 12.1 Å². The predicted octanol–water partition coefficient (Wildman–Crippen LogP) is 6.41. The van der Waals surface area contributed by atoms with Gasteiger partial charge in [-0.25, -0.2) is 18.7 Å². The molecule has 0 spiro atoms. The number of nitrogens with zero attached hydrogens (tertiary/aromatic N) is 2. The largest absolute Gasteiger partial charge is 0.435 e. The van der Waals surface area contributed by atoms with Crippen molar-refractivity contribution in [3.8, 4) is 28.3 Å². The van der Waals surface area contributed by atoms with Crippen LogP contribution in [-0.2, 0) is 0 Å². The minimum absolute atomic E-state index is 0.0340. The number of halogens is 4. The Hall–Kier alpha value is -3.79. The highest BCUT2D eigenvalue weighted by atomic mass is 32.1. The van der Waals surface area contributed by atoms with E-state index in [1.54, 1.807) is 24.3 Å². The first-order valence-electron chi connectivity index (χ1n) is 9.67. The molecule has 0 unspecified atom stereocenters. The van der Waals surface area contributed by atoms with Crippen LogP contribution in [0.5, 0.6) is 5.75 Å². The lowest BCUT2D eigenvalue weighted by atomic mass is 10.0. The Morgan fingerprint density at radius 2 is 1.64 bits per heavy atom. The molecule has 0 atom stereocenters. The number of aromatic amines is 1. The number of thiophene rings is 1. The summed E-state index contributed by atoms with van der Waals surface area (Å²) in [6.45, 7) is -2.95. The van der Waals surface area contributed by atoms with Gasteiger partial charge in [-0.05, 0) is 41.5 Å². The van der Waals surface area contributed by atoms with Crippen LogP contribution in [-0.4, -0.2) is 21.6 Å². The SMILES string of the molecule is O=c1[nH]c(-c2ccc(OC(F)F)cc2)nc2c1sc1nc(C(F)F)cc(-c3ccccc3)c12. The molecule has 0 saturated heterocycles. The summed E-state index contributed by atoms with van der Waals surface area (Å²) in [4.78, 5) is 24.4. The quantitative estimate of drug-likeness (QED) is 0.301. The van der Waals surface area contributed by atoms with Gasteiger partial charge in [0, 0.05) is 10.9 Å². The Morgan fingerprint density at radius 1 is 0.909 bits per heavy atom. The first kappa shape index (κ1) is 21.1. The molecule has 5 aromatic rings. The topological polar surface area (TPSA) is 67.9 Å². The highest BCUT2D eigenvalue weighted by Crippen LogP contribution is 2.39. The van der Waals surface area contributed by atoms with Crippen LogP contribution in [0.2, 0.25) is 0 Å². The molecule has 0 aliphatic carbocycles. The van der Waals surface area contributed by atoms with Gasteiger partial charge in [0.05, 0.1) is 5.52 Å². The Morgan fingerprint density at radius 3 is 2.30 bits per heavy atom. The molecule has 10 heteroatoms. The van der Waals surface area contributed by atoms with E-state index in [0.29, 0.717) is 27.6 Å². The highest BCUT2D eigenvalue weighted by molar-refractivity contribution is 7.25. The van der Waals surface area contributed by atoms with Gasteiger partial charge in [-0.2, -0.15) is 8.78 Å². The molecule has 2 aromatic carbocycles. The molecule has 0 bridgehead atoms. The maximum Gasteiger partial charge on any atom is 0.387 e. The molecule has 33 heavy (non-hydrogen) atoms. The molecular formula is C23H13F4N3O2S. The molecule has 1 N–H and O–H groups in total. The monoisotopic (exact) mass is 471 g/mol. The van der Waals surface area contributed by atoms with E-state index >= 15 is 0 Å². The van der Waals surface area contributed by atoms with Crippen molar-refractivity contribution >= 4 is 31.8 Å². The fourth-order valence-electron chi connectivity index (χ4n) is 3.55. The van der Waals surface area contributed by atoms with Crippen molar-refractivity contribution in [2.75, 3.05) is 0 Å². The van der Waals surface area contributed by atoms with Crippen LogP contribution in [0.15, 0.2) is 65.5 Å². The summed E-state index contributed by atoms with van der Waals surface area (Å²) in [5.41, 5.74) is 1.13. The van der Waals surface area contributed by atoms with Gasteiger partial charge in [0.2, 0.25) is 0 Å². The number of alkyl halides is 4. The Labute approximate surface area is 187 Å². The van der Waals surface area contributed by atoms with Crippen molar-refractivity contribution in [2.45, 2.75) is 13.0 Å². The summed E-state index contributed by atoms with van der Waals surface area (Å²) in [6, 6.07) is 15.9. The van der Waals surface area contributed by atoms with Crippen molar-refractivity contribution in [1.29, 1.82) is 0 Å². The number of hydrogen-bond donors (Lipinski definition) is 1. The van der Waals surface area contributed by atoms with E-state index in [9.17, 15) is 22.4 Å². The zero-order chi connectivity index (χ0) is 23.1. The third-order valence-corrected chi connectivity index (χ3v) is 6.05. The number of nitrogens with one attached hydrogen (secondary N) is 1. The molecule has 0 aliphatic rings. The zero-order valence-corrected chi connectivity index (χ0v) is 17.4. The van der Waals surface area contributed by atoms with Gasteiger partial charge in [-0.1, -0.05) is 30.3 Å². The number of hydrogen-bond acceptors (Lipinski definition) is 5. The maximum atomic E-state index is 13.5. The molecule has 0 saturated carbocycles. The molecule has 0 fully saturated rings. The minimum Gasteiger partial charge on any atom is -0.435 e. The molecule has 0 amide bonds. The number of aromatic nitrogens is 3. The molecular weight excluding hydrogens is 458 g/mol. The number of ether oxygens (including phenoxy) is 1. The van der Waals surface area contributed by atoms with Gasteiger partial charge in [-0.15, -0.1) is 11.3 Å². The summed E-state index contributed by atoms with van der Waals surface area (Å²) in [7, 11) is 0. The van der Waals surface area contributed by atoms with E-state index in [-0.39, 0.29) is 26.8 Å². The van der Waals surface area contributed by atoms with Crippen LogP contribution in [0.4, 0.5) is 17.6 Å². The summed E-state index contributed by atoms with van der Waals surface area (Å²) in [5.74, 6) is 0.168. The number of rotatable bonds is 5. The molecule has 5 nitrogen and oxygen atoms in total. The number of fused-ring (bicyclic) bond motifs is 3. The Kier molecular flexibility index (Phi) is 5.29. The molecule has 166 valence electrons. The number of H-pyrrole nitrogens is 1. The lowest BCUT2D eigenvalue weighted by molar-refractivity contribution is -0.0498. The maximum absolute atomic E-state index is 13.5. The van der Waals surface area contributed by atoms with E-state index in [2.05, 4.69) is 19.7 Å². The van der Waals surface area contributed by atoms with Crippen LogP contribution >= 0.6 is 11.3 Å². The summed E-state index contributed by atoms with van der Waals surface area (Å²) < 4.78 is 56.5. The van der Waals surface area contributed by atoms with Crippen LogP contribution < -0.4 is 10.3 Å². The van der Waals surface area contributed by atoms with Crippen LogP contribution in [0.25, 0.3) is 42.9 Å². The average molecular weight is 471 g/mol. The number of benzene rings is 2. The second-order valence-corrected chi connectivity index (χ2v) is 8.04. The van der Waals surface area contributed by atoms with Crippen molar-refractivity contribution in [1.82, 2.24) is 15.0 Å². The van der Waals surface area contributed by atoms with E-state index in [4.69, 9.17) is 0 Å². The van der Waals surface area contributed by atoms with Crippen LogP contribution in [0.3, 0.4) is 0 Å². The van der Waals surface area contributed by atoms with Crippen molar-refractivity contribution < 1.29 is 22.3 Å². The standard InChI is InChI=1S/C23H13F4N3O2S/c24-19(25)15-10-14(11-4-2-1-3-5-11)16-17-18(33-22(16)28-15)21(31)30-20(29-17)12-6-8-13(9-7-12)32-23(26)27/h1-10,19,23H,(H,29,30,31). The van der Waals surface area contributed by atoms with Gasteiger partial charge in [-0.3, -0.25) is 4.79 Å². The van der Waals surface area contributed by atoms with E-state index in [0.717, 1.165) is 11.3 Å². The minimum atomic E-state index is -2.95. The van der Waals surface area contributed by atoms with Gasteiger partial charge in [0.25, 0.3) is 12.0 Å². The summed E-state index contributed by atoms with van der Waals surface area (Å²) in [5, 5.41) is 0.496. The Bertz CT molecular complexity index is 1520. The average Bonchev–Trinajstić information content (AvgIpc) is 3.18. The third-order valence-electron chi connectivity index (χ3n) is 4.98. The molecule has 3 aromatic heterocycles. The highest BCUT2D eigenvalue weighted by Gasteiger charge is 2.21. The zero-order valence-electron chi connectivity index (χ0n) is 16.6. The second kappa shape index (κ2) is 8.28. The summed E-state index contributed by atoms with van der Waals surface area (Å²) >= 11 is 0.988. The lowest BCUT2D eigenvalue weighted by Crippen LogP contribution is -2.08. The predicted molar refractivity (Wildman–Crippen MR) is 118 cm³/mol. The van der Waals surface area contributed by atoms with Gasteiger partial charge in [0.1, 0.15) is 26.8 Å². The molecule has 0 aliphatic heterocycles.